The van der Waals surface area contributed by atoms with Crippen molar-refractivity contribution < 1.29 is 14.4 Å². The highest BCUT2D eigenvalue weighted by atomic mass is 16.5. The number of aliphatic hydroxyl groups is 1. The van der Waals surface area contributed by atoms with E-state index in [1.807, 2.05) is 22.8 Å². The van der Waals surface area contributed by atoms with Crippen LogP contribution in [-0.4, -0.2) is 50.0 Å². The van der Waals surface area contributed by atoms with Gasteiger partial charge in [0.1, 0.15) is 17.3 Å². The predicted molar refractivity (Wildman–Crippen MR) is 119 cm³/mol. The van der Waals surface area contributed by atoms with E-state index in [2.05, 4.69) is 37.3 Å². The van der Waals surface area contributed by atoms with Crippen molar-refractivity contribution in [1.82, 2.24) is 24.7 Å². The Morgan fingerprint density at radius 3 is 2.84 bits per heavy atom. The van der Waals surface area contributed by atoms with Crippen LogP contribution >= 0.6 is 0 Å². The summed E-state index contributed by atoms with van der Waals surface area (Å²) in [4.78, 5) is 13.0. The molecule has 164 valence electrons. The molecule has 0 amide bonds. The highest BCUT2D eigenvalue weighted by Crippen LogP contribution is 2.25. The topological polar surface area (TPSA) is 137 Å². The van der Waals surface area contributed by atoms with E-state index in [1.54, 1.807) is 39.3 Å². The molecule has 0 aliphatic heterocycles. The summed E-state index contributed by atoms with van der Waals surface area (Å²) in [5.74, 6) is 7.79. The molecule has 0 aliphatic carbocycles. The lowest BCUT2D eigenvalue weighted by Gasteiger charge is -2.11. The van der Waals surface area contributed by atoms with Crippen LogP contribution in [0, 0.1) is 18.8 Å². The van der Waals surface area contributed by atoms with Crippen LogP contribution in [0.2, 0.25) is 0 Å². The number of hydrogen-bond donors (Lipinski definition) is 3. The summed E-state index contributed by atoms with van der Waals surface area (Å²) in [5.41, 5.74) is 6.90. The standard InChI is InChI=1S/C22H23N7O3/c1-14-12-18(28-32-14)22(2,30)8-6-15-4-5-16-17(13-15)29(19-7-9-24-20(23)27-19)21(26-16)25-10-11-31-3/h4-5,7,9,12-13,30H,10-11H2,1-3H3,(H,25,26)(H2,23,24,27). The number of fused-ring (bicyclic) bond motifs is 1. The average Bonchev–Trinajstić information content (AvgIpc) is 3.36. The molecule has 1 aromatic carbocycles. The van der Waals surface area contributed by atoms with Crippen LogP contribution < -0.4 is 11.1 Å². The number of nitrogen functional groups attached to an aromatic ring is 1. The summed E-state index contributed by atoms with van der Waals surface area (Å²) in [6, 6.07) is 8.97. The number of rotatable bonds is 6. The summed E-state index contributed by atoms with van der Waals surface area (Å²) < 4.78 is 12.0. The Balaban J connectivity index is 1.77. The molecule has 4 N–H and O–H groups in total. The number of benzene rings is 1. The van der Waals surface area contributed by atoms with E-state index >= 15 is 0 Å². The van der Waals surface area contributed by atoms with Crippen LogP contribution in [0.15, 0.2) is 41.1 Å². The van der Waals surface area contributed by atoms with Gasteiger partial charge in [0.2, 0.25) is 11.9 Å². The van der Waals surface area contributed by atoms with Gasteiger partial charge in [-0.05, 0) is 32.0 Å². The van der Waals surface area contributed by atoms with Crippen molar-refractivity contribution in [3.05, 3.63) is 53.5 Å². The molecule has 3 aromatic heterocycles. The molecule has 4 aromatic rings. The van der Waals surface area contributed by atoms with Gasteiger partial charge in [-0.1, -0.05) is 17.0 Å². The maximum absolute atomic E-state index is 10.7. The third-order valence-electron chi connectivity index (χ3n) is 4.71. The van der Waals surface area contributed by atoms with Gasteiger partial charge in [0.25, 0.3) is 0 Å². The van der Waals surface area contributed by atoms with E-state index in [0.29, 0.717) is 41.9 Å². The van der Waals surface area contributed by atoms with Crippen LogP contribution in [0.5, 0.6) is 0 Å². The van der Waals surface area contributed by atoms with Crippen molar-refractivity contribution in [2.75, 3.05) is 31.3 Å². The number of nitrogens with two attached hydrogens (primary N) is 1. The van der Waals surface area contributed by atoms with E-state index in [1.165, 1.54) is 0 Å². The van der Waals surface area contributed by atoms with Gasteiger partial charge >= 0.3 is 0 Å². The fourth-order valence-corrected chi connectivity index (χ4v) is 3.11. The Morgan fingerprint density at radius 2 is 2.12 bits per heavy atom. The molecule has 0 fully saturated rings. The summed E-state index contributed by atoms with van der Waals surface area (Å²) in [5, 5.41) is 17.8. The molecule has 4 rings (SSSR count). The first-order valence-corrected chi connectivity index (χ1v) is 9.91. The molecule has 10 nitrogen and oxygen atoms in total. The van der Waals surface area contributed by atoms with E-state index in [0.717, 1.165) is 11.0 Å². The summed E-state index contributed by atoms with van der Waals surface area (Å²) in [7, 11) is 1.63. The molecule has 0 spiro atoms. The number of imidazole rings is 1. The van der Waals surface area contributed by atoms with Gasteiger partial charge in [0.05, 0.1) is 17.6 Å². The van der Waals surface area contributed by atoms with Crippen molar-refractivity contribution in [3.63, 3.8) is 0 Å². The van der Waals surface area contributed by atoms with Crippen molar-refractivity contribution in [2.45, 2.75) is 19.4 Å². The molecule has 10 heteroatoms. The van der Waals surface area contributed by atoms with Crippen molar-refractivity contribution in [3.8, 4) is 17.7 Å². The lowest BCUT2D eigenvalue weighted by Crippen LogP contribution is -2.18. The quantitative estimate of drug-likeness (QED) is 0.308. The Kier molecular flexibility index (Phi) is 5.77. The number of nitrogens with zero attached hydrogens (tertiary/aromatic N) is 5. The minimum Gasteiger partial charge on any atom is -0.383 e. The maximum atomic E-state index is 10.7. The number of ether oxygens (including phenoxy) is 1. The smallest absolute Gasteiger partial charge is 0.221 e. The minimum absolute atomic E-state index is 0.155. The number of aryl methyl sites for hydroxylation is 1. The van der Waals surface area contributed by atoms with Gasteiger partial charge in [-0.3, -0.25) is 4.57 Å². The summed E-state index contributed by atoms with van der Waals surface area (Å²) in [6.07, 6.45) is 1.59. The molecule has 32 heavy (non-hydrogen) atoms. The van der Waals surface area contributed by atoms with Gasteiger partial charge in [-0.2, -0.15) is 4.98 Å². The Morgan fingerprint density at radius 1 is 1.28 bits per heavy atom. The van der Waals surface area contributed by atoms with Crippen molar-refractivity contribution in [1.29, 1.82) is 0 Å². The Hall–Kier alpha value is -3.94. The molecular formula is C22H23N7O3. The van der Waals surface area contributed by atoms with E-state index < -0.39 is 5.60 Å². The second kappa shape index (κ2) is 8.66. The molecular weight excluding hydrogens is 410 g/mol. The molecule has 3 heterocycles. The zero-order chi connectivity index (χ0) is 22.7. The monoisotopic (exact) mass is 433 g/mol. The lowest BCUT2D eigenvalue weighted by molar-refractivity contribution is 0.112. The van der Waals surface area contributed by atoms with Gasteiger partial charge in [0.15, 0.2) is 5.60 Å². The van der Waals surface area contributed by atoms with Gasteiger partial charge in [0, 0.05) is 37.5 Å². The fraction of sp³-hybridized carbons (Fsp3) is 0.273. The fourth-order valence-electron chi connectivity index (χ4n) is 3.11. The van der Waals surface area contributed by atoms with Crippen LogP contribution in [0.25, 0.3) is 16.9 Å². The van der Waals surface area contributed by atoms with E-state index in [4.69, 9.17) is 15.0 Å². The SMILES string of the molecule is COCCNc1nc2ccc(C#CC(C)(O)c3cc(C)on3)cc2n1-c1ccnc(N)n1. The molecule has 0 aliphatic rings. The van der Waals surface area contributed by atoms with Crippen LogP contribution in [0.4, 0.5) is 11.9 Å². The van der Waals surface area contributed by atoms with Gasteiger partial charge < -0.3 is 25.4 Å². The van der Waals surface area contributed by atoms with Gasteiger partial charge in [-0.25, -0.2) is 9.97 Å². The minimum atomic E-state index is -1.46. The number of nitrogens with one attached hydrogen (secondary N) is 1. The third-order valence-corrected chi connectivity index (χ3v) is 4.71. The first kappa shape index (κ1) is 21.3. The predicted octanol–water partition coefficient (Wildman–Crippen LogP) is 2.01. The molecule has 0 saturated carbocycles. The van der Waals surface area contributed by atoms with Crippen molar-refractivity contribution in [2.24, 2.45) is 0 Å². The first-order valence-electron chi connectivity index (χ1n) is 9.91. The molecule has 0 radical (unpaired) electrons. The summed E-state index contributed by atoms with van der Waals surface area (Å²) >= 11 is 0. The second-order valence-corrected chi connectivity index (χ2v) is 7.31. The molecule has 1 unspecified atom stereocenters. The molecule has 1 atom stereocenters. The van der Waals surface area contributed by atoms with Crippen LogP contribution in [0.3, 0.4) is 0 Å². The molecule has 0 saturated heterocycles. The largest absolute Gasteiger partial charge is 0.383 e. The highest BCUT2D eigenvalue weighted by molar-refractivity contribution is 5.82. The third kappa shape index (κ3) is 4.39. The normalized spacial score (nSPS) is 12.9. The van der Waals surface area contributed by atoms with Gasteiger partial charge in [-0.15, -0.1) is 0 Å². The number of aromatic nitrogens is 5. The number of methoxy groups -OCH3 is 1. The lowest BCUT2D eigenvalue weighted by atomic mass is 10.0. The van der Waals surface area contributed by atoms with Crippen molar-refractivity contribution >= 4 is 22.9 Å². The zero-order valence-electron chi connectivity index (χ0n) is 18.0. The first-order chi connectivity index (χ1) is 15.4. The van der Waals surface area contributed by atoms with E-state index in [-0.39, 0.29) is 5.95 Å². The summed E-state index contributed by atoms with van der Waals surface area (Å²) in [6.45, 7) is 4.41. The average molecular weight is 433 g/mol. The van der Waals surface area contributed by atoms with Crippen LogP contribution in [-0.2, 0) is 10.3 Å². The Bertz CT molecular complexity index is 1310. The maximum Gasteiger partial charge on any atom is 0.221 e. The number of hydrogen-bond acceptors (Lipinski definition) is 9. The second-order valence-electron chi connectivity index (χ2n) is 7.31. The Labute approximate surface area is 184 Å². The molecule has 0 bridgehead atoms. The zero-order valence-corrected chi connectivity index (χ0v) is 18.0. The number of anilines is 2. The van der Waals surface area contributed by atoms with Crippen LogP contribution in [0.1, 0.15) is 23.9 Å². The van der Waals surface area contributed by atoms with E-state index in [9.17, 15) is 5.11 Å². The highest BCUT2D eigenvalue weighted by Gasteiger charge is 2.24.